The van der Waals surface area contributed by atoms with E-state index in [1.807, 2.05) is 0 Å². The SMILES string of the molecule is COCCOCCCCCCCCCCCCCCCOC=O. The van der Waals surface area contributed by atoms with Crippen molar-refractivity contribution in [2.24, 2.45) is 0 Å². The standard InChI is InChI=1S/C19H38O4/c1-21-17-18-22-15-13-11-9-7-5-3-2-4-6-8-10-12-14-16-23-19-20/h19H,2-18H2,1H3. The number of methoxy groups -OCH3 is 1. The van der Waals surface area contributed by atoms with Gasteiger partial charge in [0, 0.05) is 13.7 Å². The molecule has 0 N–H and O–H groups in total. The minimum absolute atomic E-state index is 0.539. The molecule has 0 radical (unpaired) electrons. The van der Waals surface area contributed by atoms with Crippen LogP contribution in [-0.4, -0.2) is 40.0 Å². The van der Waals surface area contributed by atoms with E-state index in [0.29, 0.717) is 19.7 Å². The van der Waals surface area contributed by atoms with E-state index in [9.17, 15) is 4.79 Å². The van der Waals surface area contributed by atoms with Crippen LogP contribution in [0.15, 0.2) is 0 Å². The smallest absolute Gasteiger partial charge is 0.293 e. The fourth-order valence-corrected chi connectivity index (χ4v) is 2.63. The zero-order valence-electron chi connectivity index (χ0n) is 15.2. The van der Waals surface area contributed by atoms with Crippen LogP contribution in [-0.2, 0) is 19.0 Å². The van der Waals surface area contributed by atoms with Gasteiger partial charge in [0.1, 0.15) is 0 Å². The van der Waals surface area contributed by atoms with E-state index in [1.54, 1.807) is 7.11 Å². The highest BCUT2D eigenvalue weighted by atomic mass is 16.5. The van der Waals surface area contributed by atoms with Crippen molar-refractivity contribution in [1.29, 1.82) is 0 Å². The Hall–Kier alpha value is -0.610. The zero-order valence-corrected chi connectivity index (χ0v) is 15.2. The van der Waals surface area contributed by atoms with Crippen molar-refractivity contribution in [3.8, 4) is 0 Å². The van der Waals surface area contributed by atoms with E-state index in [1.165, 1.54) is 77.0 Å². The minimum atomic E-state index is 0.539. The molecule has 0 saturated carbocycles. The number of hydrogen-bond acceptors (Lipinski definition) is 4. The Morgan fingerprint density at radius 3 is 1.43 bits per heavy atom. The molecule has 0 aromatic rings. The summed E-state index contributed by atoms with van der Waals surface area (Å²) >= 11 is 0. The van der Waals surface area contributed by atoms with Gasteiger partial charge in [-0.05, 0) is 12.8 Å². The van der Waals surface area contributed by atoms with Crippen LogP contribution in [0.3, 0.4) is 0 Å². The summed E-state index contributed by atoms with van der Waals surface area (Å²) in [4.78, 5) is 9.96. The second kappa shape index (κ2) is 21.4. The highest BCUT2D eigenvalue weighted by Gasteiger charge is 1.95. The van der Waals surface area contributed by atoms with E-state index in [2.05, 4.69) is 4.74 Å². The minimum Gasteiger partial charge on any atom is -0.468 e. The molecule has 0 aliphatic rings. The lowest BCUT2D eigenvalue weighted by Gasteiger charge is -2.04. The van der Waals surface area contributed by atoms with Crippen molar-refractivity contribution in [2.45, 2.75) is 83.5 Å². The maximum atomic E-state index is 9.96. The molecular formula is C19H38O4. The first-order valence-corrected chi connectivity index (χ1v) is 9.53. The summed E-state index contributed by atoms with van der Waals surface area (Å²) < 4.78 is 15.0. The Morgan fingerprint density at radius 2 is 1.00 bits per heavy atom. The van der Waals surface area contributed by atoms with E-state index >= 15 is 0 Å². The van der Waals surface area contributed by atoms with Crippen molar-refractivity contribution in [3.05, 3.63) is 0 Å². The lowest BCUT2D eigenvalue weighted by Crippen LogP contribution is -2.02. The van der Waals surface area contributed by atoms with Crippen LogP contribution in [0, 0.1) is 0 Å². The first-order valence-electron chi connectivity index (χ1n) is 9.53. The van der Waals surface area contributed by atoms with E-state index < -0.39 is 0 Å². The molecule has 4 nitrogen and oxygen atoms in total. The van der Waals surface area contributed by atoms with Crippen LogP contribution in [0.1, 0.15) is 83.5 Å². The first kappa shape index (κ1) is 22.4. The van der Waals surface area contributed by atoms with Gasteiger partial charge in [-0.15, -0.1) is 0 Å². The summed E-state index contributed by atoms with van der Waals surface area (Å²) in [6.45, 7) is 3.43. The molecule has 23 heavy (non-hydrogen) atoms. The predicted molar refractivity (Wildman–Crippen MR) is 94.7 cm³/mol. The van der Waals surface area contributed by atoms with E-state index in [4.69, 9.17) is 9.47 Å². The van der Waals surface area contributed by atoms with Crippen LogP contribution >= 0.6 is 0 Å². The van der Waals surface area contributed by atoms with Gasteiger partial charge in [0.05, 0.1) is 19.8 Å². The highest BCUT2D eigenvalue weighted by molar-refractivity contribution is 5.36. The highest BCUT2D eigenvalue weighted by Crippen LogP contribution is 2.12. The third-order valence-corrected chi connectivity index (χ3v) is 4.05. The number of ether oxygens (including phenoxy) is 3. The quantitative estimate of drug-likeness (QED) is 0.235. The van der Waals surface area contributed by atoms with Crippen molar-refractivity contribution < 1.29 is 19.0 Å². The summed E-state index contributed by atoms with van der Waals surface area (Å²) in [6, 6.07) is 0. The van der Waals surface area contributed by atoms with E-state index in [-0.39, 0.29) is 0 Å². The monoisotopic (exact) mass is 330 g/mol. The number of hydrogen-bond donors (Lipinski definition) is 0. The molecule has 0 aliphatic carbocycles. The summed E-state index contributed by atoms with van der Waals surface area (Å²) in [7, 11) is 1.71. The third kappa shape index (κ3) is 21.4. The Balaban J connectivity index is 2.93. The molecule has 0 bridgehead atoms. The van der Waals surface area contributed by atoms with Gasteiger partial charge in [0.25, 0.3) is 6.47 Å². The van der Waals surface area contributed by atoms with Gasteiger partial charge in [0.2, 0.25) is 0 Å². The second-order valence-corrected chi connectivity index (χ2v) is 6.17. The van der Waals surface area contributed by atoms with Gasteiger partial charge in [-0.2, -0.15) is 0 Å². The fraction of sp³-hybridized carbons (Fsp3) is 0.947. The van der Waals surface area contributed by atoms with Crippen molar-refractivity contribution in [2.75, 3.05) is 33.5 Å². The zero-order chi connectivity index (χ0) is 16.8. The van der Waals surface area contributed by atoms with Crippen LogP contribution in [0.25, 0.3) is 0 Å². The molecule has 4 heteroatoms. The van der Waals surface area contributed by atoms with Gasteiger partial charge < -0.3 is 14.2 Å². The third-order valence-electron chi connectivity index (χ3n) is 4.05. The molecule has 0 aromatic heterocycles. The molecule has 0 aromatic carbocycles. The van der Waals surface area contributed by atoms with Crippen molar-refractivity contribution in [1.82, 2.24) is 0 Å². The lowest BCUT2D eigenvalue weighted by molar-refractivity contribution is -0.128. The largest absolute Gasteiger partial charge is 0.468 e. The Labute approximate surface area is 143 Å². The number of carbonyl (C=O) groups excluding carboxylic acids is 1. The summed E-state index contributed by atoms with van der Waals surface area (Å²) in [6.07, 6.45) is 16.9. The summed E-state index contributed by atoms with van der Waals surface area (Å²) in [5.74, 6) is 0. The fourth-order valence-electron chi connectivity index (χ4n) is 2.63. The average Bonchev–Trinajstić information content (AvgIpc) is 2.57. The average molecular weight is 331 g/mol. The van der Waals surface area contributed by atoms with Gasteiger partial charge in [-0.25, -0.2) is 0 Å². The second-order valence-electron chi connectivity index (χ2n) is 6.17. The molecule has 0 amide bonds. The van der Waals surface area contributed by atoms with Gasteiger partial charge in [-0.1, -0.05) is 70.6 Å². The van der Waals surface area contributed by atoms with Crippen LogP contribution < -0.4 is 0 Å². The maximum absolute atomic E-state index is 9.96. The Morgan fingerprint density at radius 1 is 0.565 bits per heavy atom. The number of carbonyl (C=O) groups is 1. The molecule has 0 heterocycles. The number of rotatable bonds is 20. The van der Waals surface area contributed by atoms with Crippen molar-refractivity contribution in [3.63, 3.8) is 0 Å². The van der Waals surface area contributed by atoms with Crippen LogP contribution in [0.5, 0.6) is 0 Å². The molecule has 0 atom stereocenters. The van der Waals surface area contributed by atoms with E-state index in [0.717, 1.165) is 19.6 Å². The molecule has 0 fully saturated rings. The predicted octanol–water partition coefficient (Wildman–Crippen LogP) is 4.89. The molecule has 0 saturated heterocycles. The first-order chi connectivity index (χ1) is 11.4. The van der Waals surface area contributed by atoms with Crippen LogP contribution in [0.2, 0.25) is 0 Å². The van der Waals surface area contributed by atoms with Gasteiger partial charge in [0.15, 0.2) is 0 Å². The maximum Gasteiger partial charge on any atom is 0.293 e. The Kier molecular flexibility index (Phi) is 20.8. The topological polar surface area (TPSA) is 44.8 Å². The van der Waals surface area contributed by atoms with Crippen molar-refractivity contribution >= 4 is 6.47 Å². The molecule has 0 spiro atoms. The van der Waals surface area contributed by atoms with Crippen LogP contribution in [0.4, 0.5) is 0 Å². The normalized spacial score (nSPS) is 10.8. The van der Waals surface area contributed by atoms with Gasteiger partial charge >= 0.3 is 0 Å². The molecule has 0 rings (SSSR count). The molecule has 0 aliphatic heterocycles. The molecular weight excluding hydrogens is 292 g/mol. The summed E-state index contributed by atoms with van der Waals surface area (Å²) in [5.41, 5.74) is 0. The number of unbranched alkanes of at least 4 members (excludes halogenated alkanes) is 12. The summed E-state index contributed by atoms with van der Waals surface area (Å²) in [5, 5.41) is 0. The molecule has 138 valence electrons. The Bertz CT molecular complexity index is 221. The molecule has 0 unspecified atom stereocenters. The lowest BCUT2D eigenvalue weighted by atomic mass is 10.0. The van der Waals surface area contributed by atoms with Gasteiger partial charge in [-0.3, -0.25) is 4.79 Å².